The van der Waals surface area contributed by atoms with Gasteiger partial charge in [-0.3, -0.25) is 0 Å². The van der Waals surface area contributed by atoms with E-state index in [9.17, 15) is 26.3 Å². The third-order valence-electron chi connectivity index (χ3n) is 5.80. The predicted octanol–water partition coefficient (Wildman–Crippen LogP) is 8.11. The highest BCUT2D eigenvalue weighted by Crippen LogP contribution is 2.45. The van der Waals surface area contributed by atoms with Crippen LogP contribution in [0.3, 0.4) is 0 Å². The van der Waals surface area contributed by atoms with Crippen molar-refractivity contribution < 1.29 is 40.2 Å². The van der Waals surface area contributed by atoms with E-state index in [1.165, 1.54) is 12.1 Å². The molecule has 1 aliphatic heterocycles. The summed E-state index contributed by atoms with van der Waals surface area (Å²) in [6.07, 6.45) is -3.01. The highest BCUT2D eigenvalue weighted by molar-refractivity contribution is 5.55. The van der Waals surface area contributed by atoms with Gasteiger partial charge >= 0.3 is 6.11 Å². The second kappa shape index (κ2) is 9.43. The Morgan fingerprint density at radius 3 is 2.06 bits per heavy atom. The van der Waals surface area contributed by atoms with E-state index < -0.39 is 58.0 Å². The van der Waals surface area contributed by atoms with Crippen molar-refractivity contribution in [2.75, 3.05) is 0 Å². The molecule has 0 saturated heterocycles. The third kappa shape index (κ3) is 4.44. The highest BCUT2D eigenvalue weighted by Gasteiger charge is 2.41. The Morgan fingerprint density at radius 1 is 0.743 bits per heavy atom. The van der Waals surface area contributed by atoms with Gasteiger partial charge in [0.05, 0.1) is 0 Å². The number of fused-ring (bicyclic) bond motifs is 2. The molecule has 0 amide bonds. The lowest BCUT2D eigenvalue weighted by atomic mass is 9.96. The van der Waals surface area contributed by atoms with Crippen LogP contribution in [0.4, 0.5) is 30.7 Å². The minimum atomic E-state index is -4.44. The van der Waals surface area contributed by atoms with Crippen LogP contribution in [0.25, 0.3) is 0 Å². The maximum absolute atomic E-state index is 15.1. The van der Waals surface area contributed by atoms with Gasteiger partial charge in [-0.1, -0.05) is 38.8 Å². The first kappa shape index (κ1) is 24.9. The van der Waals surface area contributed by atoms with Crippen LogP contribution in [0, 0.1) is 29.1 Å². The van der Waals surface area contributed by atoms with E-state index in [1.54, 1.807) is 13.8 Å². The Balaban J connectivity index is 1.67. The van der Waals surface area contributed by atoms with E-state index in [2.05, 4.69) is 4.74 Å². The number of halogens is 7. The molecular weight excluding hydrogens is 477 g/mol. The molecule has 0 radical (unpaired) electrons. The van der Waals surface area contributed by atoms with Crippen LogP contribution in [0.5, 0.6) is 17.2 Å². The summed E-state index contributed by atoms with van der Waals surface area (Å²) in [5.74, 6) is -9.26. The molecule has 3 aromatic rings. The summed E-state index contributed by atoms with van der Waals surface area (Å²) in [6, 6.07) is 5.24. The fourth-order valence-electron chi connectivity index (χ4n) is 4.10. The summed E-state index contributed by atoms with van der Waals surface area (Å²) in [5.41, 5.74) is -0.860. The average Bonchev–Trinajstić information content (AvgIpc) is 2.81. The molecular formula is C26H21F7O2. The second-order valence-electron chi connectivity index (χ2n) is 8.32. The molecule has 186 valence electrons. The van der Waals surface area contributed by atoms with Crippen LogP contribution < -0.4 is 9.47 Å². The second-order valence-corrected chi connectivity index (χ2v) is 8.32. The number of hydrogen-bond acceptors (Lipinski definition) is 2. The Bertz CT molecular complexity index is 1290. The lowest BCUT2D eigenvalue weighted by Gasteiger charge is -2.25. The Labute approximate surface area is 197 Å². The van der Waals surface area contributed by atoms with Crippen molar-refractivity contribution in [3.05, 3.63) is 87.2 Å². The van der Waals surface area contributed by atoms with Crippen LogP contribution in [0.2, 0.25) is 0 Å². The first-order valence-corrected chi connectivity index (χ1v) is 11.1. The molecule has 0 N–H and O–H groups in total. The summed E-state index contributed by atoms with van der Waals surface area (Å²) in [4.78, 5) is 0. The zero-order valence-corrected chi connectivity index (χ0v) is 18.9. The molecule has 2 nitrogen and oxygen atoms in total. The van der Waals surface area contributed by atoms with E-state index in [4.69, 9.17) is 4.74 Å². The summed E-state index contributed by atoms with van der Waals surface area (Å²) in [7, 11) is 0. The molecule has 0 atom stereocenters. The largest absolute Gasteiger partial charge is 0.450 e. The van der Waals surface area contributed by atoms with Crippen molar-refractivity contribution in [3.8, 4) is 17.2 Å². The summed E-state index contributed by atoms with van der Waals surface area (Å²) < 4.78 is 112. The fourth-order valence-corrected chi connectivity index (χ4v) is 4.10. The third-order valence-corrected chi connectivity index (χ3v) is 5.80. The number of benzene rings is 3. The standard InChI is InChI=1S/C26H21F7O2/c1-3-5-13-7-9-17(21(29)19(13)27)26(32,33)35-18-10-8-15-12-16-11-14(6-4-2)20(28)23(31)25(16)34-24(15)22(18)30/h7-11H,3-6,12H2,1-2H3. The minimum absolute atomic E-state index is 0.0368. The van der Waals surface area contributed by atoms with Crippen molar-refractivity contribution in [2.24, 2.45) is 0 Å². The zero-order valence-electron chi connectivity index (χ0n) is 18.9. The predicted molar refractivity (Wildman–Crippen MR) is 115 cm³/mol. The summed E-state index contributed by atoms with van der Waals surface area (Å²) in [5, 5.41) is 0. The Morgan fingerprint density at radius 2 is 1.37 bits per heavy atom. The molecule has 0 bridgehead atoms. The van der Waals surface area contributed by atoms with Crippen LogP contribution in [0.1, 0.15) is 54.5 Å². The van der Waals surface area contributed by atoms with Gasteiger partial charge in [0.25, 0.3) is 0 Å². The van der Waals surface area contributed by atoms with Crippen molar-refractivity contribution >= 4 is 0 Å². The van der Waals surface area contributed by atoms with Crippen LogP contribution in [0.15, 0.2) is 30.3 Å². The smallest absolute Gasteiger partial charge is 0.429 e. The number of hydrogen-bond donors (Lipinski definition) is 0. The van der Waals surface area contributed by atoms with Gasteiger partial charge in [0.15, 0.2) is 34.7 Å². The minimum Gasteiger partial charge on any atom is -0.450 e. The first-order chi connectivity index (χ1) is 16.6. The highest BCUT2D eigenvalue weighted by atomic mass is 19.3. The van der Waals surface area contributed by atoms with E-state index in [0.29, 0.717) is 18.9 Å². The van der Waals surface area contributed by atoms with Gasteiger partial charge in [0.1, 0.15) is 5.56 Å². The van der Waals surface area contributed by atoms with Crippen LogP contribution in [-0.2, 0) is 25.4 Å². The molecule has 9 heteroatoms. The van der Waals surface area contributed by atoms with Gasteiger partial charge in [-0.25, -0.2) is 13.2 Å². The molecule has 1 aliphatic rings. The van der Waals surface area contributed by atoms with Gasteiger partial charge in [-0.05, 0) is 42.2 Å². The van der Waals surface area contributed by atoms with Gasteiger partial charge in [0, 0.05) is 17.5 Å². The lowest BCUT2D eigenvalue weighted by molar-refractivity contribution is -0.189. The normalized spacial score (nSPS) is 12.7. The topological polar surface area (TPSA) is 18.5 Å². The Hall–Kier alpha value is -3.23. The van der Waals surface area contributed by atoms with Crippen molar-refractivity contribution in [1.82, 2.24) is 0 Å². The SMILES string of the molecule is CCCc1ccc(C(F)(F)Oc2ccc3c(c2F)Oc2c(cc(CCC)c(F)c2F)C3)c(F)c1F. The number of ether oxygens (including phenoxy) is 2. The first-order valence-electron chi connectivity index (χ1n) is 11.1. The van der Waals surface area contributed by atoms with E-state index in [-0.39, 0.29) is 41.5 Å². The van der Waals surface area contributed by atoms with E-state index >= 15 is 4.39 Å². The van der Waals surface area contributed by atoms with Crippen molar-refractivity contribution in [2.45, 2.75) is 52.1 Å². The maximum Gasteiger partial charge on any atom is 0.429 e. The molecule has 4 rings (SSSR count). The van der Waals surface area contributed by atoms with E-state index in [1.807, 2.05) is 0 Å². The molecule has 3 aromatic carbocycles. The number of alkyl halides is 2. The maximum atomic E-state index is 15.1. The molecule has 0 spiro atoms. The molecule has 0 unspecified atom stereocenters. The number of rotatable bonds is 7. The summed E-state index contributed by atoms with van der Waals surface area (Å²) >= 11 is 0. The molecule has 1 heterocycles. The number of aryl methyl sites for hydroxylation is 2. The zero-order chi connectivity index (χ0) is 25.5. The van der Waals surface area contributed by atoms with Gasteiger partial charge in [-0.2, -0.15) is 17.6 Å². The quantitative estimate of drug-likeness (QED) is 0.240. The molecule has 0 fully saturated rings. The average molecular weight is 498 g/mol. The van der Waals surface area contributed by atoms with E-state index in [0.717, 1.165) is 12.1 Å². The van der Waals surface area contributed by atoms with Crippen molar-refractivity contribution in [3.63, 3.8) is 0 Å². The van der Waals surface area contributed by atoms with Crippen LogP contribution in [-0.4, -0.2) is 0 Å². The molecule has 0 saturated carbocycles. The fraction of sp³-hybridized carbons (Fsp3) is 0.308. The van der Waals surface area contributed by atoms with Crippen LogP contribution >= 0.6 is 0 Å². The molecule has 0 aliphatic carbocycles. The van der Waals surface area contributed by atoms with Gasteiger partial charge in [-0.15, -0.1) is 0 Å². The molecule has 35 heavy (non-hydrogen) atoms. The van der Waals surface area contributed by atoms with Crippen molar-refractivity contribution in [1.29, 1.82) is 0 Å². The Kier molecular flexibility index (Phi) is 6.71. The van der Waals surface area contributed by atoms with Gasteiger partial charge in [0.2, 0.25) is 11.6 Å². The molecule has 0 aromatic heterocycles. The summed E-state index contributed by atoms with van der Waals surface area (Å²) in [6.45, 7) is 3.52. The van der Waals surface area contributed by atoms with Gasteiger partial charge < -0.3 is 9.47 Å². The monoisotopic (exact) mass is 498 g/mol. The lowest BCUT2D eigenvalue weighted by Crippen LogP contribution is -2.25.